The Hall–Kier alpha value is -2.81. The Balaban J connectivity index is 3.45. The molecule has 0 radical (unpaired) electrons. The Kier molecular flexibility index (Phi) is 12.4. The molecule has 1 rings (SSSR count). The summed E-state index contributed by atoms with van der Waals surface area (Å²) >= 11 is 0. The fourth-order valence-corrected chi connectivity index (χ4v) is 3.85. The van der Waals surface area contributed by atoms with E-state index >= 15 is 0 Å². The van der Waals surface area contributed by atoms with Gasteiger partial charge >= 0.3 is 6.09 Å². The summed E-state index contributed by atoms with van der Waals surface area (Å²) in [6, 6.07) is 2.45. The molecule has 0 spiro atoms. The van der Waals surface area contributed by atoms with Crippen molar-refractivity contribution in [1.29, 1.82) is 0 Å². The van der Waals surface area contributed by atoms with Gasteiger partial charge in [0.25, 0.3) is 0 Å². The molecule has 0 aliphatic carbocycles. The quantitative estimate of drug-likeness (QED) is 0.303. The highest BCUT2D eigenvalue weighted by atomic mass is 16.6. The van der Waals surface area contributed by atoms with Gasteiger partial charge in [0.15, 0.2) is 0 Å². The lowest BCUT2D eigenvalue weighted by Crippen LogP contribution is -2.55. The van der Waals surface area contributed by atoms with Gasteiger partial charge in [0.1, 0.15) is 23.4 Å². The van der Waals surface area contributed by atoms with Gasteiger partial charge in [-0.15, -0.1) is 0 Å². The first-order valence-corrected chi connectivity index (χ1v) is 13.1. The third-order valence-electron chi connectivity index (χ3n) is 5.55. The highest BCUT2D eigenvalue weighted by Gasteiger charge is 2.37. The number of carbonyl (C=O) groups excluding carboxylic acids is 3. The van der Waals surface area contributed by atoms with Crippen LogP contribution in [0, 0.1) is 6.92 Å². The van der Waals surface area contributed by atoms with Gasteiger partial charge in [-0.2, -0.15) is 0 Å². The molecule has 0 aliphatic heterocycles. The monoisotopic (exact) mass is 521 g/mol. The number of phenolic OH excluding ortho intramolecular Hbond substituents is 1. The van der Waals surface area contributed by atoms with Gasteiger partial charge in [-0.05, 0) is 78.1 Å². The SMILES string of the molecule is CCCCCCCN(C(=O)C(CO)NC(=O)OC(C)(C)C)C(C(=O)NC(C)(C)C)c1ccc(O)c(C)c1. The maximum absolute atomic E-state index is 13.8. The standard InChI is InChI=1S/C28H47N3O6/c1-9-10-11-12-13-16-31(25(35)21(18-32)29-26(36)37-28(6,7)8)23(24(34)30-27(3,4)5)20-14-15-22(33)19(2)17-20/h14-15,17,21,23,32-33H,9-13,16,18H2,1-8H3,(H,29,36)(H,30,34). The largest absolute Gasteiger partial charge is 0.508 e. The highest BCUT2D eigenvalue weighted by molar-refractivity contribution is 5.92. The molecule has 0 aromatic heterocycles. The number of amides is 3. The van der Waals surface area contributed by atoms with Crippen LogP contribution in [0.3, 0.4) is 0 Å². The van der Waals surface area contributed by atoms with Gasteiger partial charge in [-0.1, -0.05) is 38.7 Å². The molecule has 210 valence electrons. The fourth-order valence-electron chi connectivity index (χ4n) is 3.85. The van der Waals surface area contributed by atoms with E-state index in [0.717, 1.165) is 25.7 Å². The lowest BCUT2D eigenvalue weighted by Gasteiger charge is -2.36. The smallest absolute Gasteiger partial charge is 0.408 e. The van der Waals surface area contributed by atoms with Crippen molar-refractivity contribution >= 4 is 17.9 Å². The van der Waals surface area contributed by atoms with E-state index in [1.807, 2.05) is 20.8 Å². The van der Waals surface area contributed by atoms with Crippen molar-refractivity contribution in [3.63, 3.8) is 0 Å². The minimum atomic E-state index is -1.30. The predicted molar refractivity (Wildman–Crippen MR) is 144 cm³/mol. The number of alkyl carbamates (subject to hydrolysis) is 1. The Morgan fingerprint density at radius 1 is 1.03 bits per heavy atom. The van der Waals surface area contributed by atoms with Crippen molar-refractivity contribution in [2.75, 3.05) is 13.2 Å². The Labute approximate surface area is 222 Å². The van der Waals surface area contributed by atoms with E-state index in [1.165, 1.54) is 11.0 Å². The molecule has 0 heterocycles. The second kappa shape index (κ2) is 14.2. The first-order chi connectivity index (χ1) is 17.1. The van der Waals surface area contributed by atoms with E-state index in [1.54, 1.807) is 39.8 Å². The summed E-state index contributed by atoms with van der Waals surface area (Å²) in [4.78, 5) is 41.2. The number of rotatable bonds is 12. The highest BCUT2D eigenvalue weighted by Crippen LogP contribution is 2.28. The Bertz CT molecular complexity index is 904. The summed E-state index contributed by atoms with van der Waals surface area (Å²) in [5.41, 5.74) is -0.271. The third-order valence-corrected chi connectivity index (χ3v) is 5.55. The maximum Gasteiger partial charge on any atom is 0.408 e. The zero-order valence-electron chi connectivity index (χ0n) is 23.8. The molecule has 0 saturated heterocycles. The fraction of sp³-hybridized carbons (Fsp3) is 0.679. The van der Waals surface area contributed by atoms with Crippen LogP contribution in [0.2, 0.25) is 0 Å². The molecule has 9 heteroatoms. The third kappa shape index (κ3) is 11.4. The molecule has 37 heavy (non-hydrogen) atoms. The van der Waals surface area contributed by atoms with Crippen molar-refractivity contribution in [3.8, 4) is 5.75 Å². The number of benzene rings is 1. The summed E-state index contributed by atoms with van der Waals surface area (Å²) in [6.07, 6.45) is 3.81. The van der Waals surface area contributed by atoms with Crippen LogP contribution in [-0.4, -0.2) is 63.4 Å². The topological polar surface area (TPSA) is 128 Å². The summed E-state index contributed by atoms with van der Waals surface area (Å²) in [5, 5.41) is 25.5. The molecule has 0 fully saturated rings. The molecule has 3 amide bonds. The number of aromatic hydroxyl groups is 1. The predicted octanol–water partition coefficient (Wildman–Crippen LogP) is 4.34. The normalized spacial score (nSPS) is 13.4. The molecule has 0 bridgehead atoms. The maximum atomic E-state index is 13.8. The van der Waals surface area contributed by atoms with Crippen molar-refractivity contribution in [1.82, 2.24) is 15.5 Å². The van der Waals surface area contributed by atoms with Crippen LogP contribution in [-0.2, 0) is 14.3 Å². The van der Waals surface area contributed by atoms with E-state index in [4.69, 9.17) is 4.74 Å². The van der Waals surface area contributed by atoms with Crippen molar-refractivity contribution < 1.29 is 29.3 Å². The lowest BCUT2D eigenvalue weighted by atomic mass is 9.98. The first kappa shape index (κ1) is 32.2. The number of hydrogen-bond acceptors (Lipinski definition) is 6. The second-order valence-corrected chi connectivity index (χ2v) is 11.5. The molecule has 0 saturated carbocycles. The number of nitrogens with one attached hydrogen (secondary N) is 2. The number of hydrogen-bond donors (Lipinski definition) is 4. The average molecular weight is 522 g/mol. The number of carbonyl (C=O) groups is 3. The number of aryl methyl sites for hydroxylation is 1. The number of aliphatic hydroxyl groups excluding tert-OH is 1. The zero-order valence-corrected chi connectivity index (χ0v) is 23.8. The number of aliphatic hydroxyl groups is 1. The van der Waals surface area contributed by atoms with Gasteiger partial charge in [0, 0.05) is 12.1 Å². The molecule has 1 aromatic rings. The van der Waals surface area contributed by atoms with Gasteiger partial charge in [-0.25, -0.2) is 4.79 Å². The average Bonchev–Trinajstić information content (AvgIpc) is 2.75. The number of ether oxygens (including phenoxy) is 1. The van der Waals surface area contributed by atoms with Crippen molar-refractivity contribution in [2.24, 2.45) is 0 Å². The number of unbranched alkanes of at least 4 members (excludes halogenated alkanes) is 4. The molecule has 2 unspecified atom stereocenters. The molecular weight excluding hydrogens is 474 g/mol. The van der Waals surface area contributed by atoms with E-state index < -0.39 is 47.7 Å². The van der Waals surface area contributed by atoms with Crippen LogP contribution < -0.4 is 10.6 Å². The second-order valence-electron chi connectivity index (χ2n) is 11.5. The first-order valence-electron chi connectivity index (χ1n) is 13.1. The number of nitrogens with zero attached hydrogens (tertiary/aromatic N) is 1. The molecule has 9 nitrogen and oxygen atoms in total. The number of phenols is 1. The summed E-state index contributed by atoms with van der Waals surface area (Å²) in [5.74, 6) is -0.909. The molecule has 4 N–H and O–H groups in total. The molecular formula is C28H47N3O6. The molecule has 1 aromatic carbocycles. The molecule has 2 atom stereocenters. The van der Waals surface area contributed by atoms with E-state index in [0.29, 0.717) is 17.5 Å². The Morgan fingerprint density at radius 2 is 1.65 bits per heavy atom. The van der Waals surface area contributed by atoms with Crippen LogP contribution in [0.5, 0.6) is 5.75 Å². The minimum Gasteiger partial charge on any atom is -0.508 e. The zero-order chi connectivity index (χ0) is 28.4. The van der Waals surface area contributed by atoms with Crippen molar-refractivity contribution in [3.05, 3.63) is 29.3 Å². The van der Waals surface area contributed by atoms with E-state index in [2.05, 4.69) is 17.6 Å². The summed E-state index contributed by atoms with van der Waals surface area (Å²) in [7, 11) is 0. The van der Waals surface area contributed by atoms with Gasteiger partial charge in [0.2, 0.25) is 11.8 Å². The van der Waals surface area contributed by atoms with E-state index in [-0.39, 0.29) is 12.3 Å². The lowest BCUT2D eigenvalue weighted by molar-refractivity contribution is -0.144. The summed E-state index contributed by atoms with van der Waals surface area (Å²) < 4.78 is 5.27. The van der Waals surface area contributed by atoms with Gasteiger partial charge < -0.3 is 30.5 Å². The van der Waals surface area contributed by atoms with Crippen LogP contribution in [0.25, 0.3) is 0 Å². The van der Waals surface area contributed by atoms with Crippen LogP contribution in [0.1, 0.15) is 97.7 Å². The Morgan fingerprint density at radius 3 is 2.16 bits per heavy atom. The van der Waals surface area contributed by atoms with Crippen LogP contribution in [0.15, 0.2) is 18.2 Å². The van der Waals surface area contributed by atoms with Gasteiger partial charge in [-0.3, -0.25) is 9.59 Å². The minimum absolute atomic E-state index is 0.0796. The summed E-state index contributed by atoms with van der Waals surface area (Å²) in [6.45, 7) is 14.1. The van der Waals surface area contributed by atoms with Crippen LogP contribution >= 0.6 is 0 Å². The van der Waals surface area contributed by atoms with E-state index in [9.17, 15) is 24.6 Å². The van der Waals surface area contributed by atoms with Crippen LogP contribution in [0.4, 0.5) is 4.79 Å². The van der Waals surface area contributed by atoms with Gasteiger partial charge in [0.05, 0.1) is 6.61 Å². The van der Waals surface area contributed by atoms with Crippen molar-refractivity contribution in [2.45, 2.75) is 111 Å². The molecule has 0 aliphatic rings.